The lowest BCUT2D eigenvalue weighted by Gasteiger charge is -2.23. The molecule has 1 aromatic rings. The van der Waals surface area contributed by atoms with Gasteiger partial charge >= 0.3 is 0 Å². The van der Waals surface area contributed by atoms with E-state index in [1.807, 2.05) is 6.07 Å². The van der Waals surface area contributed by atoms with E-state index in [0.29, 0.717) is 17.7 Å². The molecule has 104 valence electrons. The third-order valence-corrected chi connectivity index (χ3v) is 3.45. The van der Waals surface area contributed by atoms with Crippen molar-refractivity contribution in [3.63, 3.8) is 0 Å². The lowest BCUT2D eigenvalue weighted by Crippen LogP contribution is -2.34. The van der Waals surface area contributed by atoms with Crippen LogP contribution in [0.3, 0.4) is 0 Å². The van der Waals surface area contributed by atoms with Gasteiger partial charge in [0.25, 0.3) is 5.91 Å². The van der Waals surface area contributed by atoms with Gasteiger partial charge in [-0.25, -0.2) is 0 Å². The minimum Gasteiger partial charge on any atom is -0.355 e. The number of nitrogens with one attached hydrogen (secondary N) is 2. The Morgan fingerprint density at radius 1 is 1.30 bits per heavy atom. The van der Waals surface area contributed by atoms with E-state index in [1.165, 1.54) is 0 Å². The van der Waals surface area contributed by atoms with Crippen LogP contribution in [0.5, 0.6) is 0 Å². The molecule has 0 spiro atoms. The maximum atomic E-state index is 11.7. The standard InChI is InChI=1S/C16H18N2O2/c1-17-16(20)14-10-3-2-6-12(14)9-5-11-18-15(19)13-7-4-8-13/h2-3,6,10,13H,4,7-8,11H2,1H3,(H,17,20)(H,18,19). The number of amides is 2. The molecule has 0 aromatic heterocycles. The van der Waals surface area contributed by atoms with Crippen molar-refractivity contribution < 1.29 is 9.59 Å². The molecule has 0 bridgehead atoms. The zero-order chi connectivity index (χ0) is 14.4. The van der Waals surface area contributed by atoms with Crippen LogP contribution in [0.2, 0.25) is 0 Å². The average Bonchev–Trinajstić information content (AvgIpc) is 2.41. The van der Waals surface area contributed by atoms with Gasteiger partial charge in [-0.3, -0.25) is 9.59 Å². The van der Waals surface area contributed by atoms with Crippen LogP contribution in [0.25, 0.3) is 0 Å². The molecule has 20 heavy (non-hydrogen) atoms. The fourth-order valence-corrected chi connectivity index (χ4v) is 2.01. The summed E-state index contributed by atoms with van der Waals surface area (Å²) in [7, 11) is 1.59. The second kappa shape index (κ2) is 6.76. The largest absolute Gasteiger partial charge is 0.355 e. The lowest BCUT2D eigenvalue weighted by molar-refractivity contribution is -0.127. The number of carbonyl (C=O) groups is 2. The van der Waals surface area contributed by atoms with Crippen molar-refractivity contribution in [2.75, 3.05) is 13.6 Å². The summed E-state index contributed by atoms with van der Waals surface area (Å²) < 4.78 is 0. The fourth-order valence-electron chi connectivity index (χ4n) is 2.01. The smallest absolute Gasteiger partial charge is 0.252 e. The molecule has 1 aromatic carbocycles. The second-order valence-corrected chi connectivity index (χ2v) is 4.77. The summed E-state index contributed by atoms with van der Waals surface area (Å²) in [4.78, 5) is 23.3. The maximum absolute atomic E-state index is 11.7. The van der Waals surface area contributed by atoms with Crippen LogP contribution in [-0.2, 0) is 4.79 Å². The van der Waals surface area contributed by atoms with E-state index in [2.05, 4.69) is 22.5 Å². The number of carbonyl (C=O) groups excluding carboxylic acids is 2. The van der Waals surface area contributed by atoms with Crippen molar-refractivity contribution >= 4 is 11.8 Å². The van der Waals surface area contributed by atoms with Gasteiger partial charge in [0.2, 0.25) is 5.91 Å². The summed E-state index contributed by atoms with van der Waals surface area (Å²) in [6, 6.07) is 7.17. The molecule has 1 saturated carbocycles. The van der Waals surface area contributed by atoms with Gasteiger partial charge in [0, 0.05) is 18.5 Å². The first-order chi connectivity index (χ1) is 9.72. The van der Waals surface area contributed by atoms with Gasteiger partial charge in [-0.05, 0) is 25.0 Å². The van der Waals surface area contributed by atoms with Crippen molar-refractivity contribution in [1.82, 2.24) is 10.6 Å². The van der Waals surface area contributed by atoms with Gasteiger partial charge in [-0.15, -0.1) is 0 Å². The number of benzene rings is 1. The summed E-state index contributed by atoms with van der Waals surface area (Å²) >= 11 is 0. The Bertz CT molecular complexity index is 565. The van der Waals surface area contributed by atoms with Crippen LogP contribution in [0.4, 0.5) is 0 Å². The molecule has 0 unspecified atom stereocenters. The molecule has 0 aliphatic heterocycles. The molecular formula is C16H18N2O2. The first-order valence-corrected chi connectivity index (χ1v) is 6.80. The first-order valence-electron chi connectivity index (χ1n) is 6.80. The van der Waals surface area contributed by atoms with E-state index in [9.17, 15) is 9.59 Å². The van der Waals surface area contributed by atoms with Gasteiger partial charge in [0.1, 0.15) is 0 Å². The van der Waals surface area contributed by atoms with Crippen molar-refractivity contribution in [2.24, 2.45) is 5.92 Å². The average molecular weight is 270 g/mol. The Balaban J connectivity index is 1.94. The summed E-state index contributed by atoms with van der Waals surface area (Å²) in [6.45, 7) is 0.317. The molecule has 0 atom stereocenters. The zero-order valence-corrected chi connectivity index (χ0v) is 11.5. The SMILES string of the molecule is CNC(=O)c1ccccc1C#CCNC(=O)C1CCC1. The summed E-state index contributed by atoms with van der Waals surface area (Å²) in [6.07, 6.45) is 3.11. The van der Waals surface area contributed by atoms with Crippen molar-refractivity contribution in [3.05, 3.63) is 35.4 Å². The number of rotatable bonds is 3. The second-order valence-electron chi connectivity index (χ2n) is 4.77. The van der Waals surface area contributed by atoms with Gasteiger partial charge in [-0.1, -0.05) is 30.4 Å². The number of hydrogen-bond acceptors (Lipinski definition) is 2. The molecule has 4 heteroatoms. The highest BCUT2D eigenvalue weighted by Crippen LogP contribution is 2.25. The minimum atomic E-state index is -0.159. The first kappa shape index (κ1) is 14.1. The predicted octanol–water partition coefficient (Wildman–Crippen LogP) is 1.31. The summed E-state index contributed by atoms with van der Waals surface area (Å²) in [5.74, 6) is 5.93. The molecule has 0 saturated heterocycles. The zero-order valence-electron chi connectivity index (χ0n) is 11.5. The molecule has 1 fully saturated rings. The topological polar surface area (TPSA) is 58.2 Å². The van der Waals surface area contributed by atoms with Crippen molar-refractivity contribution in [1.29, 1.82) is 0 Å². The highest BCUT2D eigenvalue weighted by Gasteiger charge is 2.24. The Hall–Kier alpha value is -2.28. The van der Waals surface area contributed by atoms with Crippen LogP contribution in [0.15, 0.2) is 24.3 Å². The van der Waals surface area contributed by atoms with E-state index in [1.54, 1.807) is 25.2 Å². The normalized spacial score (nSPS) is 13.7. The van der Waals surface area contributed by atoms with Crippen LogP contribution in [0.1, 0.15) is 35.2 Å². The molecule has 2 N–H and O–H groups in total. The highest BCUT2D eigenvalue weighted by atomic mass is 16.2. The third kappa shape index (κ3) is 3.39. The van der Waals surface area contributed by atoms with E-state index in [0.717, 1.165) is 19.3 Å². The molecular weight excluding hydrogens is 252 g/mol. The van der Waals surface area contributed by atoms with E-state index >= 15 is 0 Å². The molecule has 1 aliphatic rings. The highest BCUT2D eigenvalue weighted by molar-refractivity contribution is 5.96. The monoisotopic (exact) mass is 270 g/mol. The molecule has 2 amide bonds. The Morgan fingerprint density at radius 2 is 2.05 bits per heavy atom. The van der Waals surface area contributed by atoms with E-state index in [4.69, 9.17) is 0 Å². The maximum Gasteiger partial charge on any atom is 0.252 e. The Kier molecular flexibility index (Phi) is 4.78. The predicted molar refractivity (Wildman–Crippen MR) is 77.1 cm³/mol. The van der Waals surface area contributed by atoms with Gasteiger partial charge in [0.05, 0.1) is 12.1 Å². The Morgan fingerprint density at radius 3 is 2.70 bits per heavy atom. The van der Waals surface area contributed by atoms with Gasteiger partial charge in [-0.2, -0.15) is 0 Å². The van der Waals surface area contributed by atoms with Crippen molar-refractivity contribution in [3.8, 4) is 11.8 Å². The molecule has 2 rings (SSSR count). The molecule has 4 nitrogen and oxygen atoms in total. The summed E-state index contributed by atoms with van der Waals surface area (Å²) in [5.41, 5.74) is 1.22. The van der Waals surface area contributed by atoms with E-state index < -0.39 is 0 Å². The third-order valence-electron chi connectivity index (χ3n) is 3.45. The van der Waals surface area contributed by atoms with Crippen LogP contribution in [-0.4, -0.2) is 25.4 Å². The minimum absolute atomic E-state index is 0.0881. The molecule has 0 radical (unpaired) electrons. The van der Waals surface area contributed by atoms with Gasteiger partial charge in [0.15, 0.2) is 0 Å². The van der Waals surface area contributed by atoms with Crippen LogP contribution in [0, 0.1) is 17.8 Å². The molecule has 0 heterocycles. The quantitative estimate of drug-likeness (QED) is 0.814. The van der Waals surface area contributed by atoms with Crippen LogP contribution >= 0.6 is 0 Å². The Labute approximate surface area is 118 Å². The van der Waals surface area contributed by atoms with Crippen LogP contribution < -0.4 is 10.6 Å². The lowest BCUT2D eigenvalue weighted by atomic mass is 9.85. The summed E-state index contributed by atoms with van der Waals surface area (Å²) in [5, 5.41) is 5.39. The molecule has 1 aliphatic carbocycles. The van der Waals surface area contributed by atoms with Gasteiger partial charge < -0.3 is 10.6 Å². The van der Waals surface area contributed by atoms with E-state index in [-0.39, 0.29) is 17.7 Å². The van der Waals surface area contributed by atoms with Crippen molar-refractivity contribution in [2.45, 2.75) is 19.3 Å². The number of hydrogen-bond donors (Lipinski definition) is 2. The fraction of sp³-hybridized carbons (Fsp3) is 0.375.